The topological polar surface area (TPSA) is 70.2 Å². The number of carbonyl (C=O) groups is 1. The smallest absolute Gasteiger partial charge is 0.341 e. The lowest BCUT2D eigenvalue weighted by Crippen LogP contribution is -2.12. The molecule has 1 aromatic heterocycles. The summed E-state index contributed by atoms with van der Waals surface area (Å²) in [4.78, 5) is 23.4. The Hall–Kier alpha value is -1.29. The fraction of sp³-hybridized carbons (Fsp3) is 0. The molecular formula is C6H6ClNO3. The van der Waals surface area contributed by atoms with Crippen molar-refractivity contribution in [3.05, 3.63) is 34.2 Å². The Morgan fingerprint density at radius 3 is 2.55 bits per heavy atom. The van der Waals surface area contributed by atoms with Crippen LogP contribution in [0.5, 0.6) is 0 Å². The number of aromatic nitrogens is 1. The summed E-state index contributed by atoms with van der Waals surface area (Å²) in [6.07, 6.45) is 2.54. The van der Waals surface area contributed by atoms with Gasteiger partial charge in [0, 0.05) is 18.5 Å². The molecule has 0 amide bonds. The van der Waals surface area contributed by atoms with Crippen LogP contribution in [0.1, 0.15) is 10.4 Å². The molecule has 0 radical (unpaired) electrons. The van der Waals surface area contributed by atoms with E-state index in [1.165, 1.54) is 12.3 Å². The summed E-state index contributed by atoms with van der Waals surface area (Å²) < 4.78 is 0. The first kappa shape index (κ1) is 9.71. The van der Waals surface area contributed by atoms with Crippen molar-refractivity contribution < 1.29 is 9.90 Å². The average Bonchev–Trinajstić information content (AvgIpc) is 1.88. The zero-order chi connectivity index (χ0) is 7.56. The molecule has 0 saturated heterocycles. The van der Waals surface area contributed by atoms with Gasteiger partial charge in [-0.1, -0.05) is 0 Å². The lowest BCUT2D eigenvalue weighted by molar-refractivity contribution is 0.0695. The molecule has 60 valence electrons. The summed E-state index contributed by atoms with van der Waals surface area (Å²) in [6.45, 7) is 0. The van der Waals surface area contributed by atoms with E-state index in [9.17, 15) is 9.59 Å². The number of pyridine rings is 1. The van der Waals surface area contributed by atoms with Crippen molar-refractivity contribution >= 4 is 18.4 Å². The molecule has 1 rings (SSSR count). The predicted octanol–water partition coefficient (Wildman–Crippen LogP) is 0.495. The number of halogens is 1. The molecule has 0 aliphatic carbocycles. The highest BCUT2D eigenvalue weighted by Crippen LogP contribution is 1.85. The number of aromatic carboxylic acids is 1. The highest BCUT2D eigenvalue weighted by atomic mass is 35.5. The Kier molecular flexibility index (Phi) is 3.33. The standard InChI is InChI=1S/C6H5NO3.ClH/c8-5-1-2-7-3-4(5)6(9)10;/h1-3H,(H,7,8)(H,9,10);1H. The molecule has 0 atom stereocenters. The molecule has 2 N–H and O–H groups in total. The van der Waals surface area contributed by atoms with E-state index in [4.69, 9.17) is 5.11 Å². The second kappa shape index (κ2) is 3.78. The number of hydrogen-bond acceptors (Lipinski definition) is 2. The Bertz CT molecular complexity index is 307. The van der Waals surface area contributed by atoms with Gasteiger partial charge in [-0.2, -0.15) is 0 Å². The van der Waals surface area contributed by atoms with Gasteiger partial charge in [0.2, 0.25) is 0 Å². The molecule has 0 bridgehead atoms. The summed E-state index contributed by atoms with van der Waals surface area (Å²) >= 11 is 0. The monoisotopic (exact) mass is 175 g/mol. The van der Waals surface area contributed by atoms with E-state index in [-0.39, 0.29) is 18.0 Å². The largest absolute Gasteiger partial charge is 0.477 e. The van der Waals surface area contributed by atoms with Crippen molar-refractivity contribution in [2.45, 2.75) is 0 Å². The van der Waals surface area contributed by atoms with Crippen molar-refractivity contribution in [3.8, 4) is 0 Å². The number of carboxylic acid groups (broad SMARTS) is 1. The molecule has 1 aromatic rings. The van der Waals surface area contributed by atoms with E-state index in [1.807, 2.05) is 0 Å². The zero-order valence-corrected chi connectivity index (χ0v) is 6.22. The lowest BCUT2D eigenvalue weighted by Gasteiger charge is -1.88. The molecule has 0 aliphatic heterocycles. The number of nitrogens with one attached hydrogen (secondary N) is 1. The van der Waals surface area contributed by atoms with Crippen LogP contribution in [0.3, 0.4) is 0 Å². The van der Waals surface area contributed by atoms with Crippen molar-refractivity contribution in [2.75, 3.05) is 0 Å². The number of aromatic amines is 1. The van der Waals surface area contributed by atoms with E-state index in [1.54, 1.807) is 0 Å². The minimum atomic E-state index is -1.21. The van der Waals surface area contributed by atoms with E-state index in [0.717, 1.165) is 6.20 Å². The van der Waals surface area contributed by atoms with E-state index in [2.05, 4.69) is 4.98 Å². The van der Waals surface area contributed by atoms with Crippen LogP contribution in [-0.4, -0.2) is 16.1 Å². The van der Waals surface area contributed by atoms with Gasteiger partial charge in [0.15, 0.2) is 5.43 Å². The Balaban J connectivity index is 0.000001000. The van der Waals surface area contributed by atoms with E-state index >= 15 is 0 Å². The summed E-state index contributed by atoms with van der Waals surface area (Å²) in [7, 11) is 0. The van der Waals surface area contributed by atoms with Crippen molar-refractivity contribution in [2.24, 2.45) is 0 Å². The van der Waals surface area contributed by atoms with E-state index < -0.39 is 11.4 Å². The van der Waals surface area contributed by atoms with Crippen LogP contribution >= 0.6 is 12.4 Å². The third-order valence-corrected chi connectivity index (χ3v) is 1.05. The summed E-state index contributed by atoms with van der Waals surface area (Å²) in [5.74, 6) is -1.21. The van der Waals surface area contributed by atoms with Gasteiger partial charge in [-0.3, -0.25) is 4.79 Å². The lowest BCUT2D eigenvalue weighted by atomic mass is 10.3. The molecule has 4 nitrogen and oxygen atoms in total. The molecule has 0 fully saturated rings. The number of rotatable bonds is 1. The third-order valence-electron chi connectivity index (χ3n) is 1.05. The molecule has 11 heavy (non-hydrogen) atoms. The van der Waals surface area contributed by atoms with Gasteiger partial charge < -0.3 is 10.1 Å². The normalized spacial score (nSPS) is 8.36. The Morgan fingerprint density at radius 1 is 1.55 bits per heavy atom. The molecule has 0 aromatic carbocycles. The van der Waals surface area contributed by atoms with Gasteiger partial charge in [0.1, 0.15) is 5.56 Å². The van der Waals surface area contributed by atoms with Crippen LogP contribution in [0, 0.1) is 0 Å². The van der Waals surface area contributed by atoms with Gasteiger partial charge in [-0.05, 0) is 0 Å². The number of carboxylic acids is 1. The SMILES string of the molecule is Cl.O=C(O)c1c[nH]ccc1=O. The van der Waals surface area contributed by atoms with Gasteiger partial charge in [-0.25, -0.2) is 4.79 Å². The van der Waals surface area contributed by atoms with Crippen LogP contribution in [0.4, 0.5) is 0 Å². The van der Waals surface area contributed by atoms with Gasteiger partial charge >= 0.3 is 5.97 Å². The van der Waals surface area contributed by atoms with Crippen molar-refractivity contribution in [1.29, 1.82) is 0 Å². The fourth-order valence-corrected chi connectivity index (χ4v) is 0.583. The Labute approximate surface area is 68.3 Å². The van der Waals surface area contributed by atoms with Crippen LogP contribution in [0.15, 0.2) is 23.3 Å². The van der Waals surface area contributed by atoms with Crippen LogP contribution < -0.4 is 5.43 Å². The van der Waals surface area contributed by atoms with Crippen LogP contribution in [-0.2, 0) is 0 Å². The Morgan fingerprint density at radius 2 is 2.18 bits per heavy atom. The molecule has 0 aliphatic rings. The molecule has 1 heterocycles. The van der Waals surface area contributed by atoms with Crippen LogP contribution in [0.2, 0.25) is 0 Å². The average molecular weight is 176 g/mol. The second-order valence-electron chi connectivity index (χ2n) is 1.73. The number of H-pyrrole nitrogens is 1. The maximum atomic E-state index is 10.7. The molecule has 0 saturated carbocycles. The molecule has 5 heteroatoms. The van der Waals surface area contributed by atoms with E-state index in [0.29, 0.717) is 0 Å². The maximum Gasteiger partial charge on any atom is 0.341 e. The molecule has 0 unspecified atom stereocenters. The molecule has 0 spiro atoms. The summed E-state index contributed by atoms with van der Waals surface area (Å²) in [5.41, 5.74) is -0.714. The van der Waals surface area contributed by atoms with Crippen LogP contribution in [0.25, 0.3) is 0 Å². The first-order chi connectivity index (χ1) is 4.72. The second-order valence-corrected chi connectivity index (χ2v) is 1.73. The van der Waals surface area contributed by atoms with Crippen molar-refractivity contribution in [3.63, 3.8) is 0 Å². The van der Waals surface area contributed by atoms with Gasteiger partial charge in [0.25, 0.3) is 0 Å². The van der Waals surface area contributed by atoms with Gasteiger partial charge in [-0.15, -0.1) is 12.4 Å². The quantitative estimate of drug-likeness (QED) is 0.653. The fourth-order valence-electron chi connectivity index (χ4n) is 0.583. The third kappa shape index (κ3) is 2.09. The maximum absolute atomic E-state index is 10.7. The highest BCUT2D eigenvalue weighted by molar-refractivity contribution is 5.86. The van der Waals surface area contributed by atoms with Gasteiger partial charge in [0.05, 0.1) is 0 Å². The zero-order valence-electron chi connectivity index (χ0n) is 5.40. The minimum Gasteiger partial charge on any atom is -0.477 e. The summed E-state index contributed by atoms with van der Waals surface area (Å²) in [6, 6.07) is 1.17. The number of hydrogen-bond donors (Lipinski definition) is 2. The highest BCUT2D eigenvalue weighted by Gasteiger charge is 2.04. The predicted molar refractivity (Wildman–Crippen MR) is 41.3 cm³/mol. The van der Waals surface area contributed by atoms with Crippen molar-refractivity contribution in [1.82, 2.24) is 4.98 Å². The first-order valence-electron chi connectivity index (χ1n) is 2.62. The summed E-state index contributed by atoms with van der Waals surface area (Å²) in [5, 5.41) is 8.35. The molecular weight excluding hydrogens is 170 g/mol. The first-order valence-corrected chi connectivity index (χ1v) is 2.62. The minimum absolute atomic E-state index is 0.